The zero-order valence-corrected chi connectivity index (χ0v) is 17.2. The number of H-pyrrole nitrogens is 2. The number of hydrogen-bond donors (Lipinski definition) is 2. The summed E-state index contributed by atoms with van der Waals surface area (Å²) in [6.45, 7) is 0. The van der Waals surface area contributed by atoms with E-state index < -0.39 is 29.8 Å². The monoisotopic (exact) mass is 498 g/mol. The van der Waals surface area contributed by atoms with Crippen LogP contribution < -0.4 is 19.8 Å². The second-order valence-corrected chi connectivity index (χ2v) is 6.73. The second-order valence-electron chi connectivity index (χ2n) is 6.73. The Bertz CT molecular complexity index is 1350. The molecule has 4 rings (SSSR count). The number of nitrogens with zero attached hydrogens (tertiary/aromatic N) is 2. The average molecular weight is 498 g/mol. The molecular formula is C21H14F6N5O3+. The first kappa shape index (κ1) is 25.1. The summed E-state index contributed by atoms with van der Waals surface area (Å²) in [4.78, 5) is 31.1. The van der Waals surface area contributed by atoms with Gasteiger partial charge in [0.1, 0.15) is 5.97 Å². The molecule has 0 atom stereocenters. The van der Waals surface area contributed by atoms with Gasteiger partial charge in [-0.05, 0) is 29.2 Å². The Balaban J connectivity index is 0.000000429. The number of anilines is 1. The van der Waals surface area contributed by atoms with Crippen molar-refractivity contribution in [2.75, 3.05) is 5.32 Å². The van der Waals surface area contributed by atoms with E-state index >= 15 is 0 Å². The van der Waals surface area contributed by atoms with E-state index in [-0.39, 0.29) is 17.1 Å². The van der Waals surface area contributed by atoms with Gasteiger partial charge in [0.25, 0.3) is 18.0 Å². The number of hydrogen-bond acceptors (Lipinski definition) is 4. The fraction of sp³-hybridized carbons (Fsp3) is 0.0952. The minimum absolute atomic E-state index is 0.0531. The van der Waals surface area contributed by atoms with Gasteiger partial charge in [0.15, 0.2) is 5.52 Å². The molecule has 8 nitrogen and oxygen atoms in total. The lowest BCUT2D eigenvalue weighted by Crippen LogP contribution is -2.37. The van der Waals surface area contributed by atoms with Gasteiger partial charge >= 0.3 is 18.3 Å². The van der Waals surface area contributed by atoms with Crippen LogP contribution in [0.4, 0.5) is 32.2 Å². The number of nitrogens with one attached hydrogen (secondary N) is 3. The third-order valence-corrected chi connectivity index (χ3v) is 4.40. The fourth-order valence-electron chi connectivity index (χ4n) is 2.96. The minimum Gasteiger partial charge on any atom is -0.542 e. The maximum absolute atomic E-state index is 13.5. The largest absolute Gasteiger partial charge is 0.542 e. The summed E-state index contributed by atoms with van der Waals surface area (Å²) in [5.74, 6) is -3.06. The van der Waals surface area contributed by atoms with Crippen LogP contribution in [0.5, 0.6) is 0 Å². The highest BCUT2D eigenvalue weighted by Gasteiger charge is 2.37. The van der Waals surface area contributed by atoms with Gasteiger partial charge in [0.05, 0.1) is 23.5 Å². The number of pyridine rings is 1. The van der Waals surface area contributed by atoms with Crippen molar-refractivity contribution >= 4 is 23.2 Å². The first-order valence-electron chi connectivity index (χ1n) is 9.50. The van der Waals surface area contributed by atoms with E-state index in [4.69, 9.17) is 9.90 Å². The van der Waals surface area contributed by atoms with Crippen LogP contribution in [0.2, 0.25) is 0 Å². The highest BCUT2D eigenvalue weighted by molar-refractivity contribution is 6.06. The number of benzene rings is 1. The molecule has 182 valence electrons. The molecule has 0 fully saturated rings. The topological polar surface area (TPSA) is 116 Å². The highest BCUT2D eigenvalue weighted by Crippen LogP contribution is 2.35. The fourth-order valence-corrected chi connectivity index (χ4v) is 2.96. The summed E-state index contributed by atoms with van der Waals surface area (Å²) in [6.07, 6.45) is -5.13. The third-order valence-electron chi connectivity index (χ3n) is 4.40. The first-order valence-corrected chi connectivity index (χ1v) is 9.50. The molecule has 0 saturated heterocycles. The van der Waals surface area contributed by atoms with Crippen molar-refractivity contribution < 1.29 is 50.4 Å². The van der Waals surface area contributed by atoms with E-state index in [1.165, 1.54) is 28.9 Å². The van der Waals surface area contributed by atoms with Crippen LogP contribution >= 0.6 is 0 Å². The van der Waals surface area contributed by atoms with Gasteiger partial charge in [0, 0.05) is 6.07 Å². The lowest BCUT2D eigenvalue weighted by molar-refractivity contribution is -0.498. The molecule has 1 amide bonds. The van der Waals surface area contributed by atoms with Crippen LogP contribution in [0.25, 0.3) is 16.9 Å². The average Bonchev–Trinajstić information content (AvgIpc) is 3.19. The molecule has 0 saturated carbocycles. The van der Waals surface area contributed by atoms with Crippen LogP contribution in [-0.4, -0.2) is 28.0 Å². The quantitative estimate of drug-likeness (QED) is 0.333. The van der Waals surface area contributed by atoms with E-state index in [9.17, 15) is 31.1 Å². The van der Waals surface area contributed by atoms with Gasteiger partial charge in [-0.15, -0.1) is 0 Å². The molecule has 0 aliphatic heterocycles. The number of carbonyl (C=O) groups is 2. The molecular weight excluding hydrogens is 484 g/mol. The van der Waals surface area contributed by atoms with E-state index in [1.807, 2.05) is 0 Å². The Kier molecular flexibility index (Phi) is 7.03. The second kappa shape index (κ2) is 9.79. The number of alkyl halides is 6. The lowest BCUT2D eigenvalue weighted by atomic mass is 10.1. The number of fused-ring (bicyclic) bond motifs is 1. The van der Waals surface area contributed by atoms with Gasteiger partial charge in [-0.3, -0.25) is 15.1 Å². The number of aliphatic carboxylic acids is 1. The molecule has 0 spiro atoms. The number of aromatic nitrogens is 4. The lowest BCUT2D eigenvalue weighted by Gasteiger charge is -2.09. The molecule has 0 radical (unpaired) electrons. The molecule has 3 aromatic heterocycles. The summed E-state index contributed by atoms with van der Waals surface area (Å²) in [7, 11) is 0. The highest BCUT2D eigenvalue weighted by atomic mass is 19.4. The van der Waals surface area contributed by atoms with Crippen LogP contribution in [0.15, 0.2) is 67.3 Å². The summed E-state index contributed by atoms with van der Waals surface area (Å²) in [5, 5.41) is 11.4. The summed E-state index contributed by atoms with van der Waals surface area (Å²) >= 11 is 0. The Hall–Kier alpha value is -4.49. The van der Waals surface area contributed by atoms with Crippen molar-refractivity contribution in [3.8, 4) is 11.4 Å². The molecule has 4 aromatic rings. The molecule has 35 heavy (non-hydrogen) atoms. The summed E-state index contributed by atoms with van der Waals surface area (Å²) in [6, 6.07) is 11.8. The van der Waals surface area contributed by atoms with Crippen molar-refractivity contribution in [1.82, 2.24) is 9.97 Å². The van der Waals surface area contributed by atoms with Crippen molar-refractivity contribution in [2.24, 2.45) is 0 Å². The van der Waals surface area contributed by atoms with Crippen LogP contribution in [-0.2, 0) is 11.0 Å². The number of aromatic amines is 2. The van der Waals surface area contributed by atoms with E-state index in [1.54, 1.807) is 36.7 Å². The molecule has 14 heteroatoms. The maximum atomic E-state index is 13.5. The molecule has 3 N–H and O–H groups in total. The number of carboxylic acids is 1. The molecule has 0 aliphatic carbocycles. The zero-order chi connectivity index (χ0) is 25.8. The van der Waals surface area contributed by atoms with Gasteiger partial charge in [-0.2, -0.15) is 30.7 Å². The standard InChI is InChI=1S/C19H12F3N5O.C2HF3O2/c20-19(21,22)13-6-2-1-5-12(13)17-26-16(14-7-3-4-10-27(14)17)18(28)25-15-8-9-23-11-24-15;3-2(4,5)1(6)7/h1-11H,(H,23,24,25,28);(H,6,7)/p+1. The normalized spacial score (nSPS) is 11.5. The van der Waals surface area contributed by atoms with E-state index in [2.05, 4.69) is 20.3 Å². The number of rotatable bonds is 3. The molecule has 3 heterocycles. The SMILES string of the molecule is O=C(Nc1cc[nH+]cn1)c1[nH]c(-c2ccccc2C(F)(F)F)[n+]2ccccc12.O=C([O-])C(F)(F)F. The van der Waals surface area contributed by atoms with Gasteiger partial charge in [-0.25, -0.2) is 4.98 Å². The molecule has 0 unspecified atom stereocenters. The zero-order valence-electron chi connectivity index (χ0n) is 17.2. The molecule has 0 aliphatic rings. The number of imidazole rings is 1. The number of halogens is 6. The Morgan fingerprint density at radius 2 is 1.66 bits per heavy atom. The van der Waals surface area contributed by atoms with E-state index in [0.717, 1.165) is 6.07 Å². The summed E-state index contributed by atoms with van der Waals surface area (Å²) in [5.41, 5.74) is -0.277. The van der Waals surface area contributed by atoms with Gasteiger partial charge in [0.2, 0.25) is 5.69 Å². The third kappa shape index (κ3) is 5.90. The van der Waals surface area contributed by atoms with Crippen LogP contribution in [0.3, 0.4) is 0 Å². The summed E-state index contributed by atoms with van der Waals surface area (Å²) < 4.78 is 73.5. The van der Waals surface area contributed by atoms with Crippen molar-refractivity contribution in [3.05, 3.63) is 78.5 Å². The maximum Gasteiger partial charge on any atom is 0.430 e. The molecule has 1 aromatic carbocycles. The molecule has 0 bridgehead atoms. The van der Waals surface area contributed by atoms with E-state index in [0.29, 0.717) is 11.3 Å². The van der Waals surface area contributed by atoms with Crippen molar-refractivity contribution in [3.63, 3.8) is 0 Å². The Morgan fingerprint density at radius 1 is 1.00 bits per heavy atom. The number of amides is 1. The van der Waals surface area contributed by atoms with Crippen LogP contribution in [0, 0.1) is 0 Å². The predicted molar refractivity (Wildman–Crippen MR) is 104 cm³/mol. The van der Waals surface area contributed by atoms with Crippen molar-refractivity contribution in [1.29, 1.82) is 0 Å². The first-order chi connectivity index (χ1) is 16.4. The minimum atomic E-state index is -5.19. The Labute approximate surface area is 191 Å². The smallest absolute Gasteiger partial charge is 0.430 e. The predicted octanol–water partition coefficient (Wildman–Crippen LogP) is 2.20. The van der Waals surface area contributed by atoms with Crippen LogP contribution in [0.1, 0.15) is 16.1 Å². The van der Waals surface area contributed by atoms with Gasteiger partial charge < -0.3 is 9.90 Å². The number of carbonyl (C=O) groups excluding carboxylic acids is 2. The van der Waals surface area contributed by atoms with Crippen molar-refractivity contribution in [2.45, 2.75) is 12.4 Å². The number of carboxylic acid groups (broad SMARTS) is 1. The Morgan fingerprint density at radius 3 is 2.26 bits per heavy atom. The van der Waals surface area contributed by atoms with Gasteiger partial charge in [-0.1, -0.05) is 18.2 Å².